The lowest BCUT2D eigenvalue weighted by atomic mass is 9.91. The molecule has 0 aliphatic carbocycles. The number of rotatable bonds is 2. The summed E-state index contributed by atoms with van der Waals surface area (Å²) in [5.74, 6) is -0.362. The molecule has 0 fully saturated rings. The van der Waals surface area contributed by atoms with Gasteiger partial charge in [0.15, 0.2) is 0 Å². The summed E-state index contributed by atoms with van der Waals surface area (Å²) in [5, 5.41) is 8.95. The predicted molar refractivity (Wildman–Crippen MR) is 56.5 cm³/mol. The third-order valence-corrected chi connectivity index (χ3v) is 2.75. The highest BCUT2D eigenvalue weighted by atomic mass is 16.5. The first-order valence-electron chi connectivity index (χ1n) is 4.92. The van der Waals surface area contributed by atoms with Crippen molar-refractivity contribution in [1.82, 2.24) is 0 Å². The van der Waals surface area contributed by atoms with Crippen LogP contribution in [0, 0.1) is 5.92 Å². The second-order valence-corrected chi connectivity index (χ2v) is 3.69. The monoisotopic (exact) mass is 223 g/mol. The summed E-state index contributed by atoms with van der Waals surface area (Å²) in [4.78, 5) is 10.9. The molecule has 1 aromatic carbocycles. The molecule has 3 N–H and O–H groups in total. The molecule has 0 aromatic heterocycles. The maximum absolute atomic E-state index is 10.9. The number of carboxylic acid groups (broad SMARTS) is 1. The normalized spacial score (nSPS) is 23.1. The van der Waals surface area contributed by atoms with Crippen LogP contribution in [0.25, 0.3) is 0 Å². The molecule has 5 heteroatoms. The number of nitrogens with two attached hydrogens (primary N) is 1. The summed E-state index contributed by atoms with van der Waals surface area (Å²) in [6.45, 7) is 0.0939. The predicted octanol–water partition coefficient (Wildman–Crippen LogP) is 0.788. The van der Waals surface area contributed by atoms with Gasteiger partial charge in [0, 0.05) is 17.7 Å². The number of carbonyl (C=O) groups is 1. The van der Waals surface area contributed by atoms with Gasteiger partial charge >= 0.3 is 5.97 Å². The highest BCUT2D eigenvalue weighted by molar-refractivity contribution is 5.72. The van der Waals surface area contributed by atoms with E-state index >= 15 is 0 Å². The van der Waals surface area contributed by atoms with E-state index in [1.807, 2.05) is 0 Å². The van der Waals surface area contributed by atoms with Gasteiger partial charge in [-0.25, -0.2) is 0 Å². The Morgan fingerprint density at radius 3 is 3.00 bits per heavy atom. The van der Waals surface area contributed by atoms with Crippen molar-refractivity contribution in [2.75, 3.05) is 13.7 Å². The van der Waals surface area contributed by atoms with Gasteiger partial charge in [-0.05, 0) is 6.07 Å². The summed E-state index contributed by atoms with van der Waals surface area (Å²) < 4.78 is 10.4. The van der Waals surface area contributed by atoms with Crippen molar-refractivity contribution >= 4 is 5.97 Å². The van der Waals surface area contributed by atoms with E-state index in [1.54, 1.807) is 25.3 Å². The Morgan fingerprint density at radius 2 is 2.38 bits per heavy atom. The zero-order chi connectivity index (χ0) is 11.7. The van der Waals surface area contributed by atoms with Gasteiger partial charge in [-0.1, -0.05) is 6.07 Å². The van der Waals surface area contributed by atoms with Gasteiger partial charge in [-0.15, -0.1) is 0 Å². The number of ether oxygens (including phenoxy) is 2. The first-order chi connectivity index (χ1) is 7.63. The number of hydrogen-bond donors (Lipinski definition) is 2. The third kappa shape index (κ3) is 1.69. The molecular formula is C11H13NO4. The fraction of sp³-hybridized carbons (Fsp3) is 0.364. The maximum Gasteiger partial charge on any atom is 0.311 e. The van der Waals surface area contributed by atoms with Crippen molar-refractivity contribution in [3.63, 3.8) is 0 Å². The smallest absolute Gasteiger partial charge is 0.311 e. The highest BCUT2D eigenvalue weighted by Crippen LogP contribution is 2.36. The van der Waals surface area contributed by atoms with Crippen LogP contribution in [0.5, 0.6) is 11.5 Å². The SMILES string of the molecule is COc1ccc2c(c1)OCC(C(=O)O)C2N. The molecular weight excluding hydrogens is 210 g/mol. The summed E-state index contributed by atoms with van der Waals surface area (Å²) in [7, 11) is 1.56. The van der Waals surface area contributed by atoms with Crippen molar-refractivity contribution in [1.29, 1.82) is 0 Å². The van der Waals surface area contributed by atoms with Gasteiger partial charge < -0.3 is 20.3 Å². The van der Waals surface area contributed by atoms with Crippen LogP contribution in [0.1, 0.15) is 11.6 Å². The lowest BCUT2D eigenvalue weighted by molar-refractivity contribution is -0.144. The molecule has 2 atom stereocenters. The van der Waals surface area contributed by atoms with Crippen LogP contribution in [0.2, 0.25) is 0 Å². The zero-order valence-electron chi connectivity index (χ0n) is 8.84. The minimum absolute atomic E-state index is 0.0939. The molecule has 2 unspecified atom stereocenters. The van der Waals surface area contributed by atoms with E-state index in [9.17, 15) is 4.79 Å². The fourth-order valence-corrected chi connectivity index (χ4v) is 1.77. The van der Waals surface area contributed by atoms with Gasteiger partial charge in [0.25, 0.3) is 0 Å². The highest BCUT2D eigenvalue weighted by Gasteiger charge is 2.33. The van der Waals surface area contributed by atoms with E-state index in [0.717, 1.165) is 0 Å². The van der Waals surface area contributed by atoms with Crippen molar-refractivity contribution in [3.8, 4) is 11.5 Å². The van der Waals surface area contributed by atoms with Crippen molar-refractivity contribution in [3.05, 3.63) is 23.8 Å². The first-order valence-corrected chi connectivity index (χ1v) is 4.92. The van der Waals surface area contributed by atoms with Crippen LogP contribution < -0.4 is 15.2 Å². The van der Waals surface area contributed by atoms with Crippen LogP contribution in [-0.4, -0.2) is 24.8 Å². The second-order valence-electron chi connectivity index (χ2n) is 3.69. The van der Waals surface area contributed by atoms with Gasteiger partial charge in [0.2, 0.25) is 0 Å². The first kappa shape index (κ1) is 10.8. The minimum Gasteiger partial charge on any atom is -0.497 e. The number of methoxy groups -OCH3 is 1. The average Bonchev–Trinajstić information content (AvgIpc) is 2.28. The van der Waals surface area contributed by atoms with Gasteiger partial charge in [-0.3, -0.25) is 4.79 Å². The Hall–Kier alpha value is -1.75. The van der Waals surface area contributed by atoms with Crippen molar-refractivity contribution in [2.45, 2.75) is 6.04 Å². The Bertz CT molecular complexity index is 418. The molecule has 0 radical (unpaired) electrons. The molecule has 2 rings (SSSR count). The van der Waals surface area contributed by atoms with Crippen molar-refractivity contribution < 1.29 is 19.4 Å². The summed E-state index contributed by atoms with van der Waals surface area (Å²) in [6, 6.07) is 4.67. The molecule has 16 heavy (non-hydrogen) atoms. The van der Waals surface area contributed by atoms with E-state index in [-0.39, 0.29) is 6.61 Å². The summed E-state index contributed by atoms with van der Waals surface area (Å²) in [5.41, 5.74) is 6.59. The zero-order valence-corrected chi connectivity index (χ0v) is 8.84. The van der Waals surface area contributed by atoms with E-state index in [1.165, 1.54) is 0 Å². The molecule has 1 aliphatic rings. The second kappa shape index (κ2) is 4.02. The molecule has 86 valence electrons. The molecule has 5 nitrogen and oxygen atoms in total. The standard InChI is InChI=1S/C11H13NO4/c1-15-6-2-3-7-9(4-6)16-5-8(10(7)12)11(13)14/h2-4,8,10H,5,12H2,1H3,(H,13,14). The van der Waals surface area contributed by atoms with E-state index in [2.05, 4.69) is 0 Å². The van der Waals surface area contributed by atoms with E-state index in [4.69, 9.17) is 20.3 Å². The fourth-order valence-electron chi connectivity index (χ4n) is 1.77. The van der Waals surface area contributed by atoms with Crippen LogP contribution in [-0.2, 0) is 4.79 Å². The Morgan fingerprint density at radius 1 is 1.62 bits per heavy atom. The Kier molecular flexibility index (Phi) is 2.70. The van der Waals surface area contributed by atoms with Crippen LogP contribution in [0.15, 0.2) is 18.2 Å². The molecule has 1 aliphatic heterocycles. The summed E-state index contributed by atoms with van der Waals surface area (Å²) >= 11 is 0. The molecule has 0 spiro atoms. The van der Waals surface area contributed by atoms with Crippen LogP contribution in [0.3, 0.4) is 0 Å². The molecule has 1 aromatic rings. The number of benzene rings is 1. The van der Waals surface area contributed by atoms with E-state index in [0.29, 0.717) is 17.1 Å². The molecule has 1 heterocycles. The molecule has 0 amide bonds. The molecule has 0 saturated carbocycles. The quantitative estimate of drug-likeness (QED) is 0.774. The largest absolute Gasteiger partial charge is 0.497 e. The number of aliphatic carboxylic acids is 1. The minimum atomic E-state index is -0.936. The summed E-state index contributed by atoms with van der Waals surface area (Å²) in [6.07, 6.45) is 0. The Labute approximate surface area is 92.8 Å². The molecule has 0 bridgehead atoms. The van der Waals surface area contributed by atoms with E-state index < -0.39 is 17.9 Å². The van der Waals surface area contributed by atoms with Crippen LogP contribution >= 0.6 is 0 Å². The number of carboxylic acids is 1. The van der Waals surface area contributed by atoms with Gasteiger partial charge in [-0.2, -0.15) is 0 Å². The average molecular weight is 223 g/mol. The molecule has 0 saturated heterocycles. The van der Waals surface area contributed by atoms with Crippen molar-refractivity contribution in [2.24, 2.45) is 11.7 Å². The number of fused-ring (bicyclic) bond motifs is 1. The third-order valence-electron chi connectivity index (χ3n) is 2.75. The van der Waals surface area contributed by atoms with Gasteiger partial charge in [0.1, 0.15) is 24.0 Å². The topological polar surface area (TPSA) is 81.8 Å². The number of hydrogen-bond acceptors (Lipinski definition) is 4. The lowest BCUT2D eigenvalue weighted by Crippen LogP contribution is -2.36. The lowest BCUT2D eigenvalue weighted by Gasteiger charge is -2.28. The van der Waals surface area contributed by atoms with Crippen LogP contribution in [0.4, 0.5) is 0 Å². The Balaban J connectivity index is 2.35. The maximum atomic E-state index is 10.9. The van der Waals surface area contributed by atoms with Gasteiger partial charge in [0.05, 0.1) is 7.11 Å².